The Morgan fingerprint density at radius 1 is 1.42 bits per heavy atom. The smallest absolute Gasteiger partial charge is 0.309 e. The highest BCUT2D eigenvalue weighted by Crippen LogP contribution is 2.23. The van der Waals surface area contributed by atoms with Crippen molar-refractivity contribution in [1.82, 2.24) is 4.98 Å². The van der Waals surface area contributed by atoms with E-state index < -0.39 is 0 Å². The Morgan fingerprint density at radius 3 is 2.74 bits per heavy atom. The standard InChI is InChI=1S/C14H14N2O2S/c1-18-13(17)4-2-3-10-5-7-11(8-6-10)12-9-19-14(15)16-12/h2-3,5-9H,4H2,1H3,(H2,15,16). The van der Waals surface area contributed by atoms with E-state index in [0.717, 1.165) is 16.8 Å². The second-order valence-electron chi connectivity index (χ2n) is 3.88. The maximum Gasteiger partial charge on any atom is 0.309 e. The number of hydrogen-bond acceptors (Lipinski definition) is 5. The van der Waals surface area contributed by atoms with E-state index in [4.69, 9.17) is 5.73 Å². The van der Waals surface area contributed by atoms with Gasteiger partial charge in [0.05, 0.1) is 19.2 Å². The van der Waals surface area contributed by atoms with Gasteiger partial charge >= 0.3 is 5.97 Å². The fourth-order valence-corrected chi connectivity index (χ4v) is 2.13. The molecule has 0 bridgehead atoms. The number of thiazole rings is 1. The molecule has 2 rings (SSSR count). The Kier molecular flexibility index (Phi) is 4.30. The Balaban J connectivity index is 2.04. The molecule has 0 saturated heterocycles. The summed E-state index contributed by atoms with van der Waals surface area (Å²) in [7, 11) is 1.38. The topological polar surface area (TPSA) is 65.2 Å². The van der Waals surface area contributed by atoms with Crippen molar-refractivity contribution in [1.29, 1.82) is 0 Å². The van der Waals surface area contributed by atoms with Crippen LogP contribution in [0.25, 0.3) is 17.3 Å². The molecule has 0 radical (unpaired) electrons. The summed E-state index contributed by atoms with van der Waals surface area (Å²) in [6.07, 6.45) is 3.94. The minimum atomic E-state index is -0.245. The number of nitrogens with two attached hydrogens (primary N) is 1. The van der Waals surface area contributed by atoms with Gasteiger partial charge in [0.25, 0.3) is 0 Å². The second-order valence-corrected chi connectivity index (χ2v) is 4.77. The van der Waals surface area contributed by atoms with Crippen LogP contribution in [0.2, 0.25) is 0 Å². The van der Waals surface area contributed by atoms with Gasteiger partial charge in [0.15, 0.2) is 5.13 Å². The van der Waals surface area contributed by atoms with Gasteiger partial charge in [-0.05, 0) is 5.56 Å². The highest BCUT2D eigenvalue weighted by molar-refractivity contribution is 7.13. The third-order valence-electron chi connectivity index (χ3n) is 2.55. The van der Waals surface area contributed by atoms with Crippen molar-refractivity contribution in [3.05, 3.63) is 41.3 Å². The first-order valence-corrected chi connectivity index (χ1v) is 6.62. The van der Waals surface area contributed by atoms with Crippen molar-refractivity contribution in [3.63, 3.8) is 0 Å². The molecule has 98 valence electrons. The zero-order chi connectivity index (χ0) is 13.7. The van der Waals surface area contributed by atoms with E-state index in [-0.39, 0.29) is 12.4 Å². The number of nitrogen functional groups attached to an aromatic ring is 1. The van der Waals surface area contributed by atoms with E-state index in [2.05, 4.69) is 9.72 Å². The van der Waals surface area contributed by atoms with Crippen LogP contribution in [0.15, 0.2) is 35.7 Å². The molecule has 19 heavy (non-hydrogen) atoms. The SMILES string of the molecule is COC(=O)CC=Cc1ccc(-c2csc(N)n2)cc1. The molecule has 1 aromatic heterocycles. The van der Waals surface area contributed by atoms with E-state index in [9.17, 15) is 4.79 Å². The third kappa shape index (κ3) is 3.66. The summed E-state index contributed by atoms with van der Waals surface area (Å²) < 4.78 is 4.56. The summed E-state index contributed by atoms with van der Waals surface area (Å²) >= 11 is 1.42. The van der Waals surface area contributed by atoms with Crippen molar-refractivity contribution >= 4 is 28.5 Å². The lowest BCUT2D eigenvalue weighted by atomic mass is 10.1. The molecule has 2 N–H and O–H groups in total. The molecule has 0 atom stereocenters. The molecule has 4 nitrogen and oxygen atoms in total. The Morgan fingerprint density at radius 2 is 2.16 bits per heavy atom. The van der Waals surface area contributed by atoms with Crippen LogP contribution in [0.1, 0.15) is 12.0 Å². The van der Waals surface area contributed by atoms with E-state index in [1.54, 1.807) is 6.08 Å². The van der Waals surface area contributed by atoms with Gasteiger partial charge in [-0.1, -0.05) is 36.4 Å². The molecule has 0 unspecified atom stereocenters. The molecule has 0 aliphatic carbocycles. The molecule has 0 saturated carbocycles. The monoisotopic (exact) mass is 274 g/mol. The fraction of sp³-hybridized carbons (Fsp3) is 0.143. The Hall–Kier alpha value is -2.14. The molecule has 5 heteroatoms. The van der Waals surface area contributed by atoms with Gasteiger partial charge < -0.3 is 10.5 Å². The van der Waals surface area contributed by atoms with Gasteiger partial charge in [-0.15, -0.1) is 11.3 Å². The van der Waals surface area contributed by atoms with Crippen LogP contribution >= 0.6 is 11.3 Å². The van der Waals surface area contributed by atoms with Crippen molar-refractivity contribution in [2.45, 2.75) is 6.42 Å². The predicted octanol–water partition coefficient (Wildman–Crippen LogP) is 2.97. The number of ether oxygens (including phenoxy) is 1. The van der Waals surface area contributed by atoms with Crippen LogP contribution < -0.4 is 5.73 Å². The summed E-state index contributed by atoms with van der Waals surface area (Å²) in [4.78, 5) is 15.2. The molecule has 2 aromatic rings. The molecule has 0 amide bonds. The predicted molar refractivity (Wildman–Crippen MR) is 77.6 cm³/mol. The lowest BCUT2D eigenvalue weighted by Crippen LogP contribution is -1.96. The first-order chi connectivity index (χ1) is 9.19. The molecule has 0 aliphatic heterocycles. The van der Waals surface area contributed by atoms with Crippen LogP contribution in [0.5, 0.6) is 0 Å². The first kappa shape index (κ1) is 13.3. The van der Waals surface area contributed by atoms with Crippen LogP contribution in [0.3, 0.4) is 0 Å². The zero-order valence-electron chi connectivity index (χ0n) is 10.5. The molecule has 1 heterocycles. The molecular weight excluding hydrogens is 260 g/mol. The van der Waals surface area contributed by atoms with Crippen LogP contribution in [0.4, 0.5) is 5.13 Å². The van der Waals surface area contributed by atoms with Crippen molar-refractivity contribution < 1.29 is 9.53 Å². The van der Waals surface area contributed by atoms with E-state index in [1.165, 1.54) is 18.4 Å². The van der Waals surface area contributed by atoms with Gasteiger partial charge in [0, 0.05) is 10.9 Å². The Labute approximate surface area is 115 Å². The van der Waals surface area contributed by atoms with Crippen molar-refractivity contribution in [3.8, 4) is 11.3 Å². The van der Waals surface area contributed by atoms with E-state index >= 15 is 0 Å². The number of benzene rings is 1. The largest absolute Gasteiger partial charge is 0.469 e. The van der Waals surface area contributed by atoms with Gasteiger partial charge in [-0.25, -0.2) is 4.98 Å². The minimum Gasteiger partial charge on any atom is -0.469 e. The maximum absolute atomic E-state index is 11.0. The summed E-state index contributed by atoms with van der Waals surface area (Å²) in [6, 6.07) is 7.90. The van der Waals surface area contributed by atoms with E-state index in [0.29, 0.717) is 5.13 Å². The molecule has 1 aromatic carbocycles. The number of methoxy groups -OCH3 is 1. The van der Waals surface area contributed by atoms with Crippen molar-refractivity contribution in [2.75, 3.05) is 12.8 Å². The average molecular weight is 274 g/mol. The van der Waals surface area contributed by atoms with Crippen LogP contribution in [-0.4, -0.2) is 18.1 Å². The lowest BCUT2D eigenvalue weighted by Gasteiger charge is -1.98. The number of anilines is 1. The number of carbonyl (C=O) groups is 1. The fourth-order valence-electron chi connectivity index (χ4n) is 1.56. The molecule has 0 fully saturated rings. The number of hydrogen-bond donors (Lipinski definition) is 1. The molecule has 0 spiro atoms. The summed E-state index contributed by atoms with van der Waals surface area (Å²) in [5.41, 5.74) is 8.54. The summed E-state index contributed by atoms with van der Waals surface area (Å²) in [5.74, 6) is -0.245. The lowest BCUT2D eigenvalue weighted by molar-refractivity contribution is -0.139. The highest BCUT2D eigenvalue weighted by Gasteiger charge is 2.01. The molecule has 0 aliphatic rings. The van der Waals surface area contributed by atoms with Gasteiger partial charge in [-0.2, -0.15) is 0 Å². The van der Waals surface area contributed by atoms with Gasteiger partial charge in [0.2, 0.25) is 0 Å². The van der Waals surface area contributed by atoms with Gasteiger partial charge in [-0.3, -0.25) is 4.79 Å². The quantitative estimate of drug-likeness (QED) is 0.870. The highest BCUT2D eigenvalue weighted by atomic mass is 32.1. The minimum absolute atomic E-state index is 0.245. The number of esters is 1. The summed E-state index contributed by atoms with van der Waals surface area (Å²) in [5, 5.41) is 2.49. The average Bonchev–Trinajstić information content (AvgIpc) is 2.86. The van der Waals surface area contributed by atoms with Gasteiger partial charge in [0.1, 0.15) is 0 Å². The normalized spacial score (nSPS) is 10.8. The number of carbonyl (C=O) groups excluding carboxylic acids is 1. The van der Waals surface area contributed by atoms with E-state index in [1.807, 2.05) is 35.7 Å². The number of aromatic nitrogens is 1. The maximum atomic E-state index is 11.0. The van der Waals surface area contributed by atoms with Crippen LogP contribution in [-0.2, 0) is 9.53 Å². The first-order valence-electron chi connectivity index (χ1n) is 5.74. The number of nitrogens with zero attached hydrogens (tertiary/aromatic N) is 1. The second kappa shape index (κ2) is 6.15. The third-order valence-corrected chi connectivity index (χ3v) is 3.22. The number of rotatable bonds is 4. The molecular formula is C14H14N2O2S. The summed E-state index contributed by atoms with van der Waals surface area (Å²) in [6.45, 7) is 0. The van der Waals surface area contributed by atoms with Crippen LogP contribution in [0, 0.1) is 0 Å². The Bertz CT molecular complexity index is 588. The van der Waals surface area contributed by atoms with Crippen molar-refractivity contribution in [2.24, 2.45) is 0 Å². The zero-order valence-corrected chi connectivity index (χ0v) is 11.3.